The standard InChI is InChI=1S/C17H25FN2O6/c1-3-4-5-6-7-13(23)26-14-11(10-21)25-15(17(14,2)18)20-9-8-12(22)19-16(20)24/h8-9,11,14-15,21H,3-7,10H2,1-2H3,(H,19,22,24). The van der Waals surface area contributed by atoms with E-state index in [9.17, 15) is 19.5 Å². The highest BCUT2D eigenvalue weighted by Gasteiger charge is 2.57. The van der Waals surface area contributed by atoms with Crippen molar-refractivity contribution in [3.05, 3.63) is 33.1 Å². The first-order valence-corrected chi connectivity index (χ1v) is 8.77. The molecule has 0 bridgehead atoms. The lowest BCUT2D eigenvalue weighted by molar-refractivity contribution is -0.158. The van der Waals surface area contributed by atoms with Crippen LogP contribution in [0.3, 0.4) is 0 Å². The number of aromatic nitrogens is 2. The van der Waals surface area contributed by atoms with Crippen LogP contribution in [0.2, 0.25) is 0 Å². The number of nitrogens with one attached hydrogen (secondary N) is 1. The second-order valence-electron chi connectivity index (χ2n) is 6.60. The van der Waals surface area contributed by atoms with E-state index < -0.39 is 47.9 Å². The summed E-state index contributed by atoms with van der Waals surface area (Å²) in [6.45, 7) is 2.61. The maximum atomic E-state index is 15.4. The molecule has 26 heavy (non-hydrogen) atoms. The molecule has 2 rings (SSSR count). The van der Waals surface area contributed by atoms with Crippen molar-refractivity contribution in [3.8, 4) is 0 Å². The molecular formula is C17H25FN2O6. The summed E-state index contributed by atoms with van der Waals surface area (Å²) >= 11 is 0. The van der Waals surface area contributed by atoms with Crippen LogP contribution in [0.15, 0.2) is 21.9 Å². The fourth-order valence-electron chi connectivity index (χ4n) is 3.05. The van der Waals surface area contributed by atoms with Crippen molar-refractivity contribution < 1.29 is 23.8 Å². The van der Waals surface area contributed by atoms with Crippen molar-refractivity contribution in [2.75, 3.05) is 6.61 Å². The largest absolute Gasteiger partial charge is 0.456 e. The van der Waals surface area contributed by atoms with Crippen LogP contribution >= 0.6 is 0 Å². The third-order valence-corrected chi connectivity index (χ3v) is 4.46. The van der Waals surface area contributed by atoms with Crippen LogP contribution in [0, 0.1) is 0 Å². The molecule has 1 aliphatic rings. The summed E-state index contributed by atoms with van der Waals surface area (Å²) in [6.07, 6.45) is 0.855. The van der Waals surface area contributed by atoms with Crippen molar-refractivity contribution >= 4 is 5.97 Å². The molecule has 2 N–H and O–H groups in total. The predicted molar refractivity (Wildman–Crippen MR) is 90.5 cm³/mol. The molecule has 1 fully saturated rings. The number of alkyl halides is 1. The van der Waals surface area contributed by atoms with Gasteiger partial charge in [-0.05, 0) is 13.3 Å². The van der Waals surface area contributed by atoms with Gasteiger partial charge in [0.15, 0.2) is 18.0 Å². The van der Waals surface area contributed by atoms with Crippen LogP contribution in [0.25, 0.3) is 0 Å². The number of ether oxygens (including phenoxy) is 2. The fourth-order valence-corrected chi connectivity index (χ4v) is 3.05. The molecule has 1 aromatic heterocycles. The zero-order chi connectivity index (χ0) is 19.3. The number of aliphatic hydroxyl groups is 1. The van der Waals surface area contributed by atoms with Gasteiger partial charge in [-0.3, -0.25) is 19.1 Å². The van der Waals surface area contributed by atoms with Crippen molar-refractivity contribution in [1.82, 2.24) is 9.55 Å². The number of hydrogen-bond acceptors (Lipinski definition) is 6. The van der Waals surface area contributed by atoms with Gasteiger partial charge in [0.1, 0.15) is 6.10 Å². The van der Waals surface area contributed by atoms with Gasteiger partial charge >= 0.3 is 11.7 Å². The number of aliphatic hydroxyl groups excluding tert-OH is 1. The summed E-state index contributed by atoms with van der Waals surface area (Å²) in [5.74, 6) is -0.577. The van der Waals surface area contributed by atoms with Crippen LogP contribution in [-0.4, -0.2) is 45.1 Å². The Kier molecular flexibility index (Phi) is 6.71. The number of aromatic amines is 1. The first-order chi connectivity index (χ1) is 12.3. The van der Waals surface area contributed by atoms with E-state index in [1.807, 2.05) is 11.9 Å². The zero-order valence-electron chi connectivity index (χ0n) is 14.9. The van der Waals surface area contributed by atoms with Gasteiger partial charge in [0.2, 0.25) is 0 Å². The van der Waals surface area contributed by atoms with E-state index >= 15 is 4.39 Å². The summed E-state index contributed by atoms with van der Waals surface area (Å²) in [5, 5.41) is 9.48. The van der Waals surface area contributed by atoms with Crippen molar-refractivity contribution in [2.24, 2.45) is 0 Å². The Morgan fingerprint density at radius 2 is 2.15 bits per heavy atom. The third kappa shape index (κ3) is 4.39. The molecule has 2 heterocycles. The van der Waals surface area contributed by atoms with Crippen LogP contribution < -0.4 is 11.2 Å². The SMILES string of the molecule is CCCCCCC(=O)OC1C(CO)OC(n2ccc(=O)[nH]c2=O)C1(C)F. The number of halogens is 1. The highest BCUT2D eigenvalue weighted by molar-refractivity contribution is 5.69. The monoisotopic (exact) mass is 372 g/mol. The molecule has 146 valence electrons. The van der Waals surface area contributed by atoms with Gasteiger partial charge in [-0.1, -0.05) is 26.2 Å². The molecule has 9 heteroatoms. The van der Waals surface area contributed by atoms with Crippen molar-refractivity contribution in [2.45, 2.75) is 70.1 Å². The Labute approximate surface area is 149 Å². The van der Waals surface area contributed by atoms with Gasteiger partial charge in [0.05, 0.1) is 6.61 Å². The second kappa shape index (κ2) is 8.59. The predicted octanol–water partition coefficient (Wildman–Crippen LogP) is 1.04. The molecule has 1 saturated heterocycles. The topological polar surface area (TPSA) is 111 Å². The molecule has 0 spiro atoms. The number of unbranched alkanes of at least 4 members (excludes halogenated alkanes) is 3. The minimum atomic E-state index is -2.27. The Balaban J connectivity index is 2.15. The van der Waals surface area contributed by atoms with E-state index in [1.165, 1.54) is 0 Å². The maximum Gasteiger partial charge on any atom is 0.330 e. The highest BCUT2D eigenvalue weighted by Crippen LogP contribution is 2.42. The number of rotatable bonds is 8. The molecule has 1 aromatic rings. The number of esters is 1. The van der Waals surface area contributed by atoms with E-state index in [4.69, 9.17) is 9.47 Å². The molecule has 0 aliphatic carbocycles. The summed E-state index contributed by atoms with van der Waals surface area (Å²) in [4.78, 5) is 37.2. The molecule has 4 atom stereocenters. The molecule has 0 radical (unpaired) electrons. The summed E-state index contributed by atoms with van der Waals surface area (Å²) in [7, 11) is 0. The fraction of sp³-hybridized carbons (Fsp3) is 0.706. The normalized spacial score (nSPS) is 28.2. The van der Waals surface area contributed by atoms with Gasteiger partial charge in [-0.25, -0.2) is 9.18 Å². The summed E-state index contributed by atoms with van der Waals surface area (Å²) in [5.41, 5.74) is -3.75. The lowest BCUT2D eigenvalue weighted by Crippen LogP contribution is -2.46. The lowest BCUT2D eigenvalue weighted by Gasteiger charge is -2.27. The Morgan fingerprint density at radius 1 is 1.42 bits per heavy atom. The lowest BCUT2D eigenvalue weighted by atomic mass is 9.98. The maximum absolute atomic E-state index is 15.4. The average molecular weight is 372 g/mol. The van der Waals surface area contributed by atoms with Crippen LogP contribution in [0.4, 0.5) is 4.39 Å². The van der Waals surface area contributed by atoms with Crippen molar-refractivity contribution in [3.63, 3.8) is 0 Å². The van der Waals surface area contributed by atoms with Gasteiger partial charge in [-0.15, -0.1) is 0 Å². The molecule has 0 saturated carbocycles. The second-order valence-corrected chi connectivity index (χ2v) is 6.60. The first-order valence-electron chi connectivity index (χ1n) is 8.77. The van der Waals surface area contributed by atoms with Crippen LogP contribution in [-0.2, 0) is 14.3 Å². The summed E-state index contributed by atoms with van der Waals surface area (Å²) in [6, 6.07) is 1.06. The van der Waals surface area contributed by atoms with Gasteiger partial charge < -0.3 is 14.6 Å². The molecule has 8 nitrogen and oxygen atoms in total. The van der Waals surface area contributed by atoms with E-state index in [1.54, 1.807) is 0 Å². The van der Waals surface area contributed by atoms with E-state index in [-0.39, 0.29) is 6.42 Å². The van der Waals surface area contributed by atoms with E-state index in [0.29, 0.717) is 6.42 Å². The van der Waals surface area contributed by atoms with Crippen molar-refractivity contribution in [1.29, 1.82) is 0 Å². The smallest absolute Gasteiger partial charge is 0.330 e. The molecule has 1 aliphatic heterocycles. The first kappa shape index (κ1) is 20.3. The van der Waals surface area contributed by atoms with E-state index in [2.05, 4.69) is 0 Å². The Bertz CT molecular complexity index is 728. The zero-order valence-corrected chi connectivity index (χ0v) is 14.9. The molecular weight excluding hydrogens is 347 g/mol. The molecule has 4 unspecified atom stereocenters. The third-order valence-electron chi connectivity index (χ3n) is 4.46. The van der Waals surface area contributed by atoms with Crippen LogP contribution in [0.1, 0.15) is 52.2 Å². The van der Waals surface area contributed by atoms with E-state index in [0.717, 1.165) is 43.0 Å². The van der Waals surface area contributed by atoms with Gasteiger partial charge in [0.25, 0.3) is 5.56 Å². The van der Waals surface area contributed by atoms with Crippen LogP contribution in [0.5, 0.6) is 0 Å². The minimum absolute atomic E-state index is 0.147. The molecule has 0 amide bonds. The minimum Gasteiger partial charge on any atom is -0.456 e. The number of carbonyl (C=O) groups excluding carboxylic acids is 1. The average Bonchev–Trinajstić information content (AvgIpc) is 2.83. The Morgan fingerprint density at radius 3 is 2.77 bits per heavy atom. The number of H-pyrrole nitrogens is 1. The molecule has 0 aromatic carbocycles. The van der Waals surface area contributed by atoms with Gasteiger partial charge in [0, 0.05) is 18.7 Å². The quantitative estimate of drug-likeness (QED) is 0.521. The summed E-state index contributed by atoms with van der Waals surface area (Å²) < 4.78 is 26.9. The Hall–Kier alpha value is -2.00. The number of nitrogens with zero attached hydrogens (tertiary/aromatic N) is 1. The number of hydrogen-bond donors (Lipinski definition) is 2. The number of carbonyl (C=O) groups is 1. The highest BCUT2D eigenvalue weighted by atomic mass is 19.1. The van der Waals surface area contributed by atoms with Gasteiger partial charge in [-0.2, -0.15) is 0 Å².